The average Bonchev–Trinajstić information content (AvgIpc) is 2.78. The lowest BCUT2D eigenvalue weighted by molar-refractivity contribution is 0.415. The topological polar surface area (TPSA) is 9.23 Å². The van der Waals surface area contributed by atoms with Gasteiger partial charge < -0.3 is 4.74 Å². The summed E-state index contributed by atoms with van der Waals surface area (Å²) < 4.78 is 5.13. The molecule has 0 atom stereocenters. The highest BCUT2D eigenvalue weighted by Crippen LogP contribution is 2.28. The molecule has 0 radical (unpaired) electrons. The summed E-state index contributed by atoms with van der Waals surface area (Å²) in [6.45, 7) is 0. The van der Waals surface area contributed by atoms with E-state index >= 15 is 0 Å². The molecule has 0 aliphatic rings. The molecule has 0 amide bonds. The van der Waals surface area contributed by atoms with Gasteiger partial charge in [0.25, 0.3) is 0 Å². The summed E-state index contributed by atoms with van der Waals surface area (Å²) in [4.78, 5) is 1.35. The summed E-state index contributed by atoms with van der Waals surface area (Å²) in [6, 6.07) is 10.3. The Bertz CT molecular complexity index is 433. The summed E-state index contributed by atoms with van der Waals surface area (Å²) in [7, 11) is 1.68. The predicted molar refractivity (Wildman–Crippen MR) is 68.9 cm³/mol. The fourth-order valence-corrected chi connectivity index (χ4v) is 2.68. The van der Waals surface area contributed by atoms with Gasteiger partial charge in [-0.2, -0.15) is 0 Å². The van der Waals surface area contributed by atoms with Gasteiger partial charge in [-0.15, -0.1) is 11.3 Å². The van der Waals surface area contributed by atoms with Crippen LogP contribution in [0.2, 0.25) is 0 Å². The van der Waals surface area contributed by atoms with Crippen molar-refractivity contribution in [3.8, 4) is 16.9 Å². The first-order valence-corrected chi connectivity index (χ1v) is 6.61. The van der Waals surface area contributed by atoms with Crippen LogP contribution in [0.5, 0.6) is 5.75 Å². The van der Waals surface area contributed by atoms with Crippen molar-refractivity contribution in [2.24, 2.45) is 0 Å². The van der Waals surface area contributed by atoms with Crippen LogP contribution in [-0.4, -0.2) is 7.11 Å². The first kappa shape index (κ1) is 10.7. The number of benzene rings is 1. The fourth-order valence-electron chi connectivity index (χ4n) is 1.39. The molecule has 1 heterocycles. The molecule has 0 aliphatic carbocycles. The second kappa shape index (κ2) is 4.81. The predicted octanol–water partition coefficient (Wildman–Crippen LogP) is 4.32. The Labute approximate surface area is 102 Å². The maximum absolute atomic E-state index is 5.13. The van der Waals surface area contributed by atoms with Gasteiger partial charge in [0.15, 0.2) is 0 Å². The highest BCUT2D eigenvalue weighted by molar-refractivity contribution is 9.08. The van der Waals surface area contributed by atoms with Crippen LogP contribution in [0.25, 0.3) is 11.1 Å². The molecule has 0 unspecified atom stereocenters. The Morgan fingerprint density at radius 3 is 2.47 bits per heavy atom. The monoisotopic (exact) mass is 282 g/mol. The van der Waals surface area contributed by atoms with Crippen molar-refractivity contribution in [2.75, 3.05) is 7.11 Å². The zero-order valence-electron chi connectivity index (χ0n) is 8.37. The Morgan fingerprint density at radius 2 is 1.93 bits per heavy atom. The van der Waals surface area contributed by atoms with Crippen molar-refractivity contribution in [1.82, 2.24) is 0 Å². The molecule has 2 rings (SSSR count). The molecular formula is C12H11BrOS. The summed E-state index contributed by atoms with van der Waals surface area (Å²) in [5, 5.41) is 3.10. The van der Waals surface area contributed by atoms with Gasteiger partial charge >= 0.3 is 0 Å². The number of thiophene rings is 1. The zero-order chi connectivity index (χ0) is 10.7. The third kappa shape index (κ3) is 2.41. The van der Waals surface area contributed by atoms with Crippen LogP contribution in [-0.2, 0) is 5.33 Å². The average molecular weight is 283 g/mol. The Hall–Kier alpha value is -0.800. The molecule has 0 spiro atoms. The van der Waals surface area contributed by atoms with Crippen LogP contribution in [0.1, 0.15) is 4.88 Å². The lowest BCUT2D eigenvalue weighted by Crippen LogP contribution is -1.81. The minimum atomic E-state index is 0.898. The van der Waals surface area contributed by atoms with Crippen LogP contribution in [0, 0.1) is 0 Å². The van der Waals surface area contributed by atoms with Gasteiger partial charge in [0.2, 0.25) is 0 Å². The van der Waals surface area contributed by atoms with Crippen molar-refractivity contribution in [3.63, 3.8) is 0 Å². The van der Waals surface area contributed by atoms with E-state index in [0.29, 0.717) is 0 Å². The number of halogens is 1. The molecule has 0 saturated heterocycles. The Kier molecular flexibility index (Phi) is 3.44. The molecule has 1 aromatic carbocycles. The molecule has 0 aliphatic heterocycles. The lowest BCUT2D eigenvalue weighted by atomic mass is 10.1. The number of alkyl halides is 1. The molecule has 2 aromatic rings. The summed E-state index contributed by atoms with van der Waals surface area (Å²) in [5.74, 6) is 0.898. The fraction of sp³-hybridized carbons (Fsp3) is 0.167. The SMILES string of the molecule is COc1ccc(-c2csc(CBr)c2)cc1. The molecule has 3 heteroatoms. The van der Waals surface area contributed by atoms with Crippen molar-refractivity contribution in [3.05, 3.63) is 40.6 Å². The van der Waals surface area contributed by atoms with Gasteiger partial charge in [-0.3, -0.25) is 0 Å². The maximum atomic E-state index is 5.13. The van der Waals surface area contributed by atoms with Gasteiger partial charge in [-0.05, 0) is 34.7 Å². The first-order chi connectivity index (χ1) is 7.33. The van der Waals surface area contributed by atoms with Crippen LogP contribution < -0.4 is 4.74 Å². The van der Waals surface area contributed by atoms with Crippen molar-refractivity contribution < 1.29 is 4.74 Å². The van der Waals surface area contributed by atoms with Crippen molar-refractivity contribution in [1.29, 1.82) is 0 Å². The number of rotatable bonds is 3. The third-order valence-corrected chi connectivity index (χ3v) is 4.12. The van der Waals surface area contributed by atoms with Gasteiger partial charge in [0, 0.05) is 10.2 Å². The molecular weight excluding hydrogens is 272 g/mol. The number of ether oxygens (including phenoxy) is 1. The van der Waals surface area contributed by atoms with E-state index in [-0.39, 0.29) is 0 Å². The summed E-state index contributed by atoms with van der Waals surface area (Å²) >= 11 is 5.23. The van der Waals surface area contributed by atoms with Crippen molar-refractivity contribution >= 4 is 27.3 Å². The van der Waals surface area contributed by atoms with Crippen LogP contribution in [0.3, 0.4) is 0 Å². The van der Waals surface area contributed by atoms with Crippen LogP contribution in [0.4, 0.5) is 0 Å². The second-order valence-electron chi connectivity index (χ2n) is 3.16. The molecule has 15 heavy (non-hydrogen) atoms. The quantitative estimate of drug-likeness (QED) is 0.762. The number of methoxy groups -OCH3 is 1. The maximum Gasteiger partial charge on any atom is 0.118 e. The molecule has 0 N–H and O–H groups in total. The second-order valence-corrected chi connectivity index (χ2v) is 4.72. The van der Waals surface area contributed by atoms with Gasteiger partial charge in [0.05, 0.1) is 7.11 Å². The molecule has 0 bridgehead atoms. The Morgan fingerprint density at radius 1 is 1.20 bits per heavy atom. The van der Waals surface area contributed by atoms with E-state index in [1.807, 2.05) is 12.1 Å². The molecule has 78 valence electrons. The zero-order valence-corrected chi connectivity index (χ0v) is 10.8. The molecule has 1 nitrogen and oxygen atoms in total. The van der Waals surface area contributed by atoms with E-state index in [1.165, 1.54) is 16.0 Å². The molecule has 1 aromatic heterocycles. The van der Waals surface area contributed by atoms with Crippen LogP contribution in [0.15, 0.2) is 35.7 Å². The largest absolute Gasteiger partial charge is 0.497 e. The smallest absolute Gasteiger partial charge is 0.118 e. The standard InChI is InChI=1S/C12H11BrOS/c1-14-11-4-2-9(3-5-11)10-6-12(7-13)15-8-10/h2-6,8H,7H2,1H3. The summed E-state index contributed by atoms with van der Waals surface area (Å²) in [6.07, 6.45) is 0. The molecule has 0 fully saturated rings. The van der Waals surface area contributed by atoms with Gasteiger partial charge in [-0.1, -0.05) is 28.1 Å². The van der Waals surface area contributed by atoms with E-state index in [1.54, 1.807) is 18.4 Å². The van der Waals surface area contributed by atoms with E-state index in [4.69, 9.17) is 4.74 Å². The number of hydrogen-bond acceptors (Lipinski definition) is 2. The van der Waals surface area contributed by atoms with Gasteiger partial charge in [0.1, 0.15) is 5.75 Å². The Balaban J connectivity index is 2.28. The third-order valence-electron chi connectivity index (χ3n) is 2.21. The first-order valence-electron chi connectivity index (χ1n) is 4.61. The normalized spacial score (nSPS) is 10.3. The minimum absolute atomic E-state index is 0.898. The van der Waals surface area contributed by atoms with E-state index in [0.717, 1.165) is 11.1 Å². The minimum Gasteiger partial charge on any atom is -0.497 e. The highest BCUT2D eigenvalue weighted by Gasteiger charge is 2.01. The summed E-state index contributed by atoms with van der Waals surface area (Å²) in [5.41, 5.74) is 2.51. The highest BCUT2D eigenvalue weighted by atomic mass is 79.9. The van der Waals surface area contributed by atoms with E-state index < -0.39 is 0 Å². The van der Waals surface area contributed by atoms with Gasteiger partial charge in [-0.25, -0.2) is 0 Å². The lowest BCUT2D eigenvalue weighted by Gasteiger charge is -2.00. The van der Waals surface area contributed by atoms with Crippen LogP contribution >= 0.6 is 27.3 Å². The number of hydrogen-bond donors (Lipinski definition) is 0. The molecule has 0 saturated carbocycles. The van der Waals surface area contributed by atoms with E-state index in [2.05, 4.69) is 39.5 Å². The van der Waals surface area contributed by atoms with E-state index in [9.17, 15) is 0 Å². The van der Waals surface area contributed by atoms with Crippen molar-refractivity contribution in [2.45, 2.75) is 5.33 Å².